The third-order valence-corrected chi connectivity index (χ3v) is 2.85. The average molecular weight is 260 g/mol. The molecule has 0 fully saturated rings. The third-order valence-electron chi connectivity index (χ3n) is 2.85. The summed E-state index contributed by atoms with van der Waals surface area (Å²) >= 11 is 0. The normalized spacial score (nSPS) is 12.4. The van der Waals surface area contributed by atoms with Gasteiger partial charge in [-0.2, -0.15) is 5.10 Å². The van der Waals surface area contributed by atoms with E-state index in [1.807, 2.05) is 45.2 Å². The lowest BCUT2D eigenvalue weighted by Gasteiger charge is -2.12. The first-order chi connectivity index (χ1) is 9.08. The van der Waals surface area contributed by atoms with Gasteiger partial charge in [-0.15, -0.1) is 0 Å². The molecule has 2 rings (SSSR count). The Morgan fingerprint density at radius 1 is 1.32 bits per heavy atom. The molecule has 0 unspecified atom stereocenters. The summed E-state index contributed by atoms with van der Waals surface area (Å²) in [5.41, 5.74) is 1.26. The van der Waals surface area contributed by atoms with Gasteiger partial charge in [-0.25, -0.2) is 0 Å². The fraction of sp³-hybridized carbons (Fsp3) is 0.357. The number of pyridine rings is 1. The van der Waals surface area contributed by atoms with Crippen molar-refractivity contribution in [2.45, 2.75) is 32.9 Å². The van der Waals surface area contributed by atoms with Gasteiger partial charge in [0.1, 0.15) is 5.69 Å². The molecule has 2 aromatic rings. The number of nitrogens with zero attached hydrogens (tertiary/aromatic N) is 3. The molecule has 1 amide bonds. The van der Waals surface area contributed by atoms with Crippen LogP contribution in [0.4, 0.5) is 0 Å². The van der Waals surface area contributed by atoms with Crippen LogP contribution in [-0.2, 0) is 0 Å². The van der Waals surface area contributed by atoms with E-state index < -0.39 is 0 Å². The number of carbonyl (C=O) groups excluding carboxylic acids is 1. The Morgan fingerprint density at radius 3 is 2.68 bits per heavy atom. The van der Waals surface area contributed by atoms with Crippen LogP contribution in [0.1, 0.15) is 50.5 Å². The Balaban J connectivity index is 0.00000200. The molecule has 0 spiro atoms. The summed E-state index contributed by atoms with van der Waals surface area (Å²) in [5, 5.41) is 7.13. The largest absolute Gasteiger partial charge is 0.343 e. The van der Waals surface area contributed by atoms with Gasteiger partial charge < -0.3 is 5.32 Å². The number of hydrogen-bond donors (Lipinski definition) is 1. The molecule has 2 aromatic heterocycles. The highest BCUT2D eigenvalue weighted by molar-refractivity contribution is 5.92. The Hall–Kier alpha value is -2.17. The van der Waals surface area contributed by atoms with Gasteiger partial charge in [0.15, 0.2) is 0 Å². The van der Waals surface area contributed by atoms with E-state index in [1.54, 1.807) is 16.9 Å². The summed E-state index contributed by atoms with van der Waals surface area (Å²) in [4.78, 5) is 16.3. The van der Waals surface area contributed by atoms with Crippen LogP contribution < -0.4 is 5.32 Å². The first-order valence-corrected chi connectivity index (χ1v) is 6.35. The van der Waals surface area contributed by atoms with Crippen LogP contribution in [0.25, 0.3) is 0 Å². The number of carbonyl (C=O) groups is 1. The highest BCUT2D eigenvalue weighted by Gasteiger charge is 2.14. The predicted octanol–water partition coefficient (Wildman–Crippen LogP) is 2.60. The lowest BCUT2D eigenvalue weighted by atomic mass is 10.2. The second-order valence-electron chi connectivity index (χ2n) is 4.72. The lowest BCUT2D eigenvalue weighted by Crippen LogP contribution is -2.27. The minimum absolute atomic E-state index is 0. The lowest BCUT2D eigenvalue weighted by molar-refractivity contribution is 0.0933. The van der Waals surface area contributed by atoms with E-state index in [9.17, 15) is 4.79 Å². The first-order valence-electron chi connectivity index (χ1n) is 6.35. The summed E-state index contributed by atoms with van der Waals surface area (Å²) < 4.78 is 1.76. The van der Waals surface area contributed by atoms with E-state index in [2.05, 4.69) is 15.4 Å². The number of amides is 1. The molecule has 0 aliphatic rings. The number of nitrogens with one attached hydrogen (secondary N) is 1. The van der Waals surface area contributed by atoms with Crippen molar-refractivity contribution in [1.29, 1.82) is 0 Å². The molecule has 0 saturated carbocycles. The van der Waals surface area contributed by atoms with Crippen LogP contribution in [0.15, 0.2) is 36.7 Å². The van der Waals surface area contributed by atoms with Crippen molar-refractivity contribution < 1.29 is 6.22 Å². The molecule has 102 valence electrons. The summed E-state index contributed by atoms with van der Waals surface area (Å²) in [6, 6.07) is 7.46. The molecule has 2 heterocycles. The van der Waals surface area contributed by atoms with Gasteiger partial charge in [0.2, 0.25) is 0 Å². The molecule has 5 nitrogen and oxygen atoms in total. The molecule has 0 aliphatic carbocycles. The summed E-state index contributed by atoms with van der Waals surface area (Å²) in [5.74, 6) is -0.183. The topological polar surface area (TPSA) is 59.8 Å². The van der Waals surface area contributed by atoms with Gasteiger partial charge in [-0.3, -0.25) is 14.5 Å². The van der Waals surface area contributed by atoms with E-state index >= 15 is 0 Å². The Labute approximate surface area is 114 Å². The summed E-state index contributed by atoms with van der Waals surface area (Å²) in [7, 11) is 0. The van der Waals surface area contributed by atoms with Gasteiger partial charge >= 0.3 is 0 Å². The highest BCUT2D eigenvalue weighted by atomic mass is 16.2. The van der Waals surface area contributed by atoms with Crippen molar-refractivity contribution in [3.05, 3.63) is 48.0 Å². The fourth-order valence-electron chi connectivity index (χ4n) is 1.72. The van der Waals surface area contributed by atoms with Crippen molar-refractivity contribution in [2.24, 2.45) is 0 Å². The molecule has 0 radical (unpaired) electrons. The first kappa shape index (κ1) is 13.3. The van der Waals surface area contributed by atoms with E-state index in [1.165, 1.54) is 0 Å². The molecular weight excluding hydrogens is 240 g/mol. The summed E-state index contributed by atoms with van der Waals surface area (Å²) in [6.45, 7) is 5.94. The van der Waals surface area contributed by atoms with Crippen molar-refractivity contribution in [2.75, 3.05) is 0 Å². The zero-order valence-corrected chi connectivity index (χ0v) is 11.4. The Bertz CT molecular complexity index is 553. The minimum atomic E-state index is -0.183. The molecule has 5 heteroatoms. The molecule has 19 heavy (non-hydrogen) atoms. The van der Waals surface area contributed by atoms with Crippen molar-refractivity contribution >= 4 is 5.91 Å². The number of aromatic nitrogens is 3. The zero-order chi connectivity index (χ0) is 13.8. The van der Waals surface area contributed by atoms with Gasteiger partial charge in [0, 0.05) is 19.9 Å². The Morgan fingerprint density at radius 2 is 2.11 bits per heavy atom. The second-order valence-corrected chi connectivity index (χ2v) is 4.72. The number of rotatable bonds is 4. The smallest absolute Gasteiger partial charge is 0.272 e. The standard InChI is InChI=1S/C14H18N4O.H2/c1-10(2)18-9-7-13(17-18)14(19)16-11(3)12-6-4-5-8-15-12;/h4-11H,1-3H3,(H,16,19);1H/t11-;/m0./s1. The van der Waals surface area contributed by atoms with E-state index in [0.29, 0.717) is 5.69 Å². The SMILES string of the molecule is CC(C)n1ccc(C(=O)N[C@@H](C)c2ccccn2)n1.[HH]. The fourth-order valence-corrected chi connectivity index (χ4v) is 1.72. The third kappa shape index (κ3) is 3.19. The van der Waals surface area contributed by atoms with Crippen molar-refractivity contribution in [1.82, 2.24) is 20.1 Å². The molecular formula is C14H20N4O. The molecule has 1 atom stereocenters. The second kappa shape index (κ2) is 5.65. The monoisotopic (exact) mass is 260 g/mol. The van der Waals surface area contributed by atoms with Crippen LogP contribution in [0.2, 0.25) is 0 Å². The summed E-state index contributed by atoms with van der Waals surface area (Å²) in [6.07, 6.45) is 3.52. The van der Waals surface area contributed by atoms with Gasteiger partial charge in [0.05, 0.1) is 11.7 Å². The molecule has 0 bridgehead atoms. The minimum Gasteiger partial charge on any atom is -0.343 e. The van der Waals surface area contributed by atoms with E-state index in [-0.39, 0.29) is 19.4 Å². The average Bonchev–Trinajstić information content (AvgIpc) is 2.89. The van der Waals surface area contributed by atoms with Gasteiger partial charge in [-0.1, -0.05) is 6.07 Å². The van der Waals surface area contributed by atoms with Crippen molar-refractivity contribution in [3.63, 3.8) is 0 Å². The molecule has 1 N–H and O–H groups in total. The zero-order valence-electron chi connectivity index (χ0n) is 11.4. The van der Waals surface area contributed by atoms with E-state index in [4.69, 9.17) is 0 Å². The van der Waals surface area contributed by atoms with E-state index in [0.717, 1.165) is 5.69 Å². The van der Waals surface area contributed by atoms with Crippen LogP contribution >= 0.6 is 0 Å². The maximum absolute atomic E-state index is 12.0. The van der Waals surface area contributed by atoms with Crippen molar-refractivity contribution in [3.8, 4) is 0 Å². The van der Waals surface area contributed by atoms with Gasteiger partial charge in [0.25, 0.3) is 5.91 Å². The van der Waals surface area contributed by atoms with Crippen LogP contribution in [-0.4, -0.2) is 20.7 Å². The maximum Gasteiger partial charge on any atom is 0.272 e. The number of hydrogen-bond acceptors (Lipinski definition) is 3. The van der Waals surface area contributed by atoms with Gasteiger partial charge in [-0.05, 0) is 39.0 Å². The highest BCUT2D eigenvalue weighted by Crippen LogP contribution is 2.10. The van der Waals surface area contributed by atoms with Crippen LogP contribution in [0.5, 0.6) is 0 Å². The van der Waals surface area contributed by atoms with Crippen LogP contribution in [0.3, 0.4) is 0 Å². The maximum atomic E-state index is 12.0. The quantitative estimate of drug-likeness (QED) is 0.919. The molecule has 0 saturated heterocycles. The van der Waals surface area contributed by atoms with Crippen LogP contribution in [0, 0.1) is 0 Å². The predicted molar refractivity (Wildman–Crippen MR) is 74.8 cm³/mol. The molecule has 0 aliphatic heterocycles. The Kier molecular flexibility index (Phi) is 3.94. The molecule has 0 aromatic carbocycles.